The SMILES string of the molecule is CC/C=C1/CCC(CNC(C(=O)N(C)CC=O)C2CC2)O/C1=C(/C)CCCNC=O. The van der Waals surface area contributed by atoms with Crippen molar-refractivity contribution < 1.29 is 19.1 Å². The van der Waals surface area contributed by atoms with Gasteiger partial charge in [0, 0.05) is 20.1 Å². The summed E-state index contributed by atoms with van der Waals surface area (Å²) in [4.78, 5) is 35.4. The summed E-state index contributed by atoms with van der Waals surface area (Å²) in [6.45, 7) is 5.62. The number of nitrogens with zero attached hydrogens (tertiary/aromatic N) is 1. The maximum Gasteiger partial charge on any atom is 0.240 e. The van der Waals surface area contributed by atoms with Gasteiger partial charge in [-0.25, -0.2) is 0 Å². The normalized spacial score (nSPS) is 22.8. The molecule has 2 unspecified atom stereocenters. The van der Waals surface area contributed by atoms with Gasteiger partial charge in [0.2, 0.25) is 12.3 Å². The third kappa shape index (κ3) is 7.27. The second kappa shape index (κ2) is 12.5. The minimum atomic E-state index is -0.242. The first-order valence-electron chi connectivity index (χ1n) is 11.2. The van der Waals surface area contributed by atoms with Crippen LogP contribution in [0.3, 0.4) is 0 Å². The zero-order chi connectivity index (χ0) is 21.9. The molecule has 1 aliphatic carbocycles. The summed E-state index contributed by atoms with van der Waals surface area (Å²) in [6, 6.07) is -0.242. The molecular weight excluding hydrogens is 382 g/mol. The quantitative estimate of drug-likeness (QED) is 0.353. The van der Waals surface area contributed by atoms with Crippen molar-refractivity contribution in [3.05, 3.63) is 23.0 Å². The van der Waals surface area contributed by atoms with Crippen LogP contribution in [-0.4, -0.2) is 62.3 Å². The van der Waals surface area contributed by atoms with Gasteiger partial charge in [-0.3, -0.25) is 9.59 Å². The number of allylic oxidation sites excluding steroid dienone is 3. The third-order valence-corrected chi connectivity index (χ3v) is 5.76. The molecule has 2 N–H and O–H groups in total. The van der Waals surface area contributed by atoms with Gasteiger partial charge in [0.25, 0.3) is 0 Å². The predicted octanol–water partition coefficient (Wildman–Crippen LogP) is 2.33. The zero-order valence-electron chi connectivity index (χ0n) is 18.6. The highest BCUT2D eigenvalue weighted by Gasteiger charge is 2.38. The van der Waals surface area contributed by atoms with E-state index in [-0.39, 0.29) is 24.6 Å². The molecule has 0 radical (unpaired) electrons. The lowest BCUT2D eigenvalue weighted by atomic mass is 9.96. The van der Waals surface area contributed by atoms with E-state index in [2.05, 4.69) is 30.6 Å². The van der Waals surface area contributed by atoms with Crippen LogP contribution in [0.4, 0.5) is 0 Å². The van der Waals surface area contributed by atoms with Gasteiger partial charge in [0.1, 0.15) is 18.1 Å². The van der Waals surface area contributed by atoms with E-state index < -0.39 is 0 Å². The number of likely N-dealkylation sites (N-methyl/N-ethyl adjacent to an activating group) is 1. The van der Waals surface area contributed by atoms with E-state index in [1.165, 1.54) is 16.0 Å². The van der Waals surface area contributed by atoms with Gasteiger partial charge < -0.3 is 25.1 Å². The number of hydrogen-bond donors (Lipinski definition) is 2. The van der Waals surface area contributed by atoms with Gasteiger partial charge in [-0.2, -0.15) is 0 Å². The molecule has 0 aromatic heterocycles. The molecule has 0 spiro atoms. The van der Waals surface area contributed by atoms with Crippen LogP contribution in [0.2, 0.25) is 0 Å². The Morgan fingerprint density at radius 3 is 2.70 bits per heavy atom. The fourth-order valence-electron chi connectivity index (χ4n) is 3.90. The summed E-state index contributed by atoms with van der Waals surface area (Å²) in [7, 11) is 1.68. The number of amides is 2. The molecule has 2 rings (SSSR count). The van der Waals surface area contributed by atoms with Gasteiger partial charge in [0.15, 0.2) is 0 Å². The Morgan fingerprint density at radius 2 is 2.07 bits per heavy atom. The fourth-order valence-corrected chi connectivity index (χ4v) is 3.90. The molecule has 1 saturated heterocycles. The van der Waals surface area contributed by atoms with Gasteiger partial charge in [-0.15, -0.1) is 0 Å². The molecular formula is C23H37N3O4. The van der Waals surface area contributed by atoms with Crippen molar-refractivity contribution in [1.29, 1.82) is 0 Å². The number of nitrogens with one attached hydrogen (secondary N) is 2. The Bertz CT molecular complexity index is 655. The van der Waals surface area contributed by atoms with Crippen molar-refractivity contribution in [2.45, 2.75) is 70.9 Å². The lowest BCUT2D eigenvalue weighted by Gasteiger charge is -2.32. The van der Waals surface area contributed by atoms with Crippen LogP contribution in [0.15, 0.2) is 23.0 Å². The first-order chi connectivity index (χ1) is 14.5. The number of carbonyl (C=O) groups excluding carboxylic acids is 3. The highest BCUT2D eigenvalue weighted by atomic mass is 16.5. The third-order valence-electron chi connectivity index (χ3n) is 5.76. The number of ether oxygens (including phenoxy) is 1. The molecule has 0 aromatic rings. The zero-order valence-corrected chi connectivity index (χ0v) is 18.6. The minimum absolute atomic E-state index is 0.0124. The molecule has 1 saturated carbocycles. The summed E-state index contributed by atoms with van der Waals surface area (Å²) in [5.41, 5.74) is 2.46. The smallest absolute Gasteiger partial charge is 0.240 e. The molecule has 2 fully saturated rings. The van der Waals surface area contributed by atoms with E-state index >= 15 is 0 Å². The molecule has 1 heterocycles. The van der Waals surface area contributed by atoms with Crippen molar-refractivity contribution in [3.63, 3.8) is 0 Å². The summed E-state index contributed by atoms with van der Waals surface area (Å²) in [6.07, 6.45) is 10.4. The highest BCUT2D eigenvalue weighted by Crippen LogP contribution is 2.34. The average Bonchev–Trinajstić information content (AvgIpc) is 3.57. The molecule has 2 atom stereocenters. The molecule has 30 heavy (non-hydrogen) atoms. The highest BCUT2D eigenvalue weighted by molar-refractivity contribution is 5.84. The second-order valence-electron chi connectivity index (χ2n) is 8.31. The van der Waals surface area contributed by atoms with Crippen LogP contribution in [0.5, 0.6) is 0 Å². The second-order valence-corrected chi connectivity index (χ2v) is 8.31. The van der Waals surface area contributed by atoms with Gasteiger partial charge in [0.05, 0.1) is 12.6 Å². The van der Waals surface area contributed by atoms with Crippen LogP contribution in [0.1, 0.15) is 58.8 Å². The monoisotopic (exact) mass is 419 g/mol. The maximum atomic E-state index is 12.7. The van der Waals surface area contributed by atoms with Crippen LogP contribution in [0.25, 0.3) is 0 Å². The largest absolute Gasteiger partial charge is 0.489 e. The lowest BCUT2D eigenvalue weighted by molar-refractivity contribution is -0.134. The van der Waals surface area contributed by atoms with E-state index in [4.69, 9.17) is 4.74 Å². The first kappa shape index (κ1) is 24.1. The van der Waals surface area contributed by atoms with Crippen LogP contribution in [0, 0.1) is 5.92 Å². The average molecular weight is 420 g/mol. The molecule has 7 nitrogen and oxygen atoms in total. The topological polar surface area (TPSA) is 87.7 Å². The number of aldehydes is 1. The molecule has 0 bridgehead atoms. The molecule has 168 valence electrons. The van der Waals surface area contributed by atoms with Gasteiger partial charge in [-0.1, -0.05) is 13.0 Å². The van der Waals surface area contributed by atoms with E-state index in [0.717, 1.165) is 63.4 Å². The lowest BCUT2D eigenvalue weighted by Crippen LogP contribution is -2.49. The van der Waals surface area contributed by atoms with Crippen LogP contribution < -0.4 is 10.6 Å². The van der Waals surface area contributed by atoms with Crippen molar-refractivity contribution in [2.24, 2.45) is 5.92 Å². The molecule has 0 aromatic carbocycles. The van der Waals surface area contributed by atoms with Crippen molar-refractivity contribution in [1.82, 2.24) is 15.5 Å². The first-order valence-corrected chi connectivity index (χ1v) is 11.2. The summed E-state index contributed by atoms with van der Waals surface area (Å²) in [5.74, 6) is 1.32. The molecule has 2 amide bonds. The van der Waals surface area contributed by atoms with Gasteiger partial charge in [-0.05, 0) is 68.9 Å². The standard InChI is InChI=1S/C23H37N3O4/c1-4-6-19-10-11-20(30-22(19)17(2)7-5-12-24-16-28)15-25-21(18-8-9-18)23(29)26(3)13-14-27/h6,14,16,18,20-21,25H,4-5,7-13,15H2,1-3H3,(H,24,28)/b19-6-,22-17-. The maximum absolute atomic E-state index is 12.7. The number of hydrogen-bond acceptors (Lipinski definition) is 5. The van der Waals surface area contributed by atoms with Crippen molar-refractivity contribution >= 4 is 18.6 Å². The van der Waals surface area contributed by atoms with E-state index in [0.29, 0.717) is 19.0 Å². The Balaban J connectivity index is 1.98. The van der Waals surface area contributed by atoms with Gasteiger partial charge >= 0.3 is 0 Å². The van der Waals surface area contributed by atoms with E-state index in [9.17, 15) is 14.4 Å². The summed E-state index contributed by atoms with van der Waals surface area (Å²) < 4.78 is 6.39. The Morgan fingerprint density at radius 1 is 1.30 bits per heavy atom. The summed E-state index contributed by atoms with van der Waals surface area (Å²) >= 11 is 0. The van der Waals surface area contributed by atoms with E-state index in [1.54, 1.807) is 7.05 Å². The van der Waals surface area contributed by atoms with Crippen LogP contribution in [-0.2, 0) is 19.1 Å². The number of rotatable bonds is 13. The van der Waals surface area contributed by atoms with E-state index in [1.807, 2.05) is 0 Å². The van der Waals surface area contributed by atoms with Crippen LogP contribution >= 0.6 is 0 Å². The fraction of sp³-hybridized carbons (Fsp3) is 0.696. The summed E-state index contributed by atoms with van der Waals surface area (Å²) in [5, 5.41) is 6.14. The van der Waals surface area contributed by atoms with Crippen molar-refractivity contribution in [3.8, 4) is 0 Å². The predicted molar refractivity (Wildman–Crippen MR) is 117 cm³/mol. The minimum Gasteiger partial charge on any atom is -0.489 e. The molecule has 1 aliphatic heterocycles. The Hall–Kier alpha value is -2.15. The molecule has 7 heteroatoms. The Labute approximate surface area is 180 Å². The Kier molecular flexibility index (Phi) is 10.1. The number of carbonyl (C=O) groups is 3. The molecule has 2 aliphatic rings. The van der Waals surface area contributed by atoms with Crippen molar-refractivity contribution in [2.75, 3.05) is 26.7 Å².